The summed E-state index contributed by atoms with van der Waals surface area (Å²) in [6.07, 6.45) is 2.12. The summed E-state index contributed by atoms with van der Waals surface area (Å²) >= 11 is 0. The fourth-order valence-corrected chi connectivity index (χ4v) is 2.10. The lowest BCUT2D eigenvalue weighted by Crippen LogP contribution is -2.05. The zero-order valence-corrected chi connectivity index (χ0v) is 11.5. The molecule has 0 aliphatic rings. The van der Waals surface area contributed by atoms with Crippen molar-refractivity contribution in [3.63, 3.8) is 0 Å². The molecule has 1 aromatic carbocycles. The molecule has 0 bridgehead atoms. The average molecular weight is 242 g/mol. The largest absolute Gasteiger partial charge is 0.379 e. The van der Waals surface area contributed by atoms with Crippen LogP contribution in [0.3, 0.4) is 0 Å². The van der Waals surface area contributed by atoms with Gasteiger partial charge < -0.3 is 9.88 Å². The van der Waals surface area contributed by atoms with Crippen molar-refractivity contribution in [2.75, 3.05) is 5.32 Å². The minimum atomic E-state index is 0.594. The maximum atomic E-state index is 3.47. The van der Waals surface area contributed by atoms with Gasteiger partial charge in [-0.15, -0.1) is 0 Å². The van der Waals surface area contributed by atoms with E-state index < -0.39 is 0 Å². The number of aryl methyl sites for hydroxylation is 1. The normalized spacial score (nSPS) is 10.9. The van der Waals surface area contributed by atoms with Crippen molar-refractivity contribution in [1.29, 1.82) is 0 Å². The second kappa shape index (κ2) is 5.76. The third kappa shape index (κ3) is 2.95. The van der Waals surface area contributed by atoms with Crippen LogP contribution in [-0.4, -0.2) is 4.57 Å². The summed E-state index contributed by atoms with van der Waals surface area (Å²) in [6, 6.07) is 13.0. The second-order valence-electron chi connectivity index (χ2n) is 4.92. The Balaban J connectivity index is 1.98. The van der Waals surface area contributed by atoms with E-state index in [-0.39, 0.29) is 0 Å². The van der Waals surface area contributed by atoms with E-state index in [0.717, 1.165) is 13.1 Å². The second-order valence-corrected chi connectivity index (χ2v) is 4.92. The molecule has 2 rings (SSSR count). The van der Waals surface area contributed by atoms with Crippen molar-refractivity contribution in [3.8, 4) is 0 Å². The van der Waals surface area contributed by atoms with Crippen LogP contribution in [0.1, 0.15) is 37.9 Å². The number of nitrogens with one attached hydrogen (secondary N) is 1. The molecule has 1 N–H and O–H groups in total. The molecular formula is C16H22N2. The lowest BCUT2D eigenvalue weighted by molar-refractivity contribution is 0.724. The number of benzene rings is 1. The number of nitrogens with zero attached hydrogens (tertiary/aromatic N) is 1. The first-order chi connectivity index (χ1) is 8.70. The zero-order chi connectivity index (χ0) is 13.0. The molecule has 0 amide bonds. The van der Waals surface area contributed by atoms with Gasteiger partial charge in [-0.05, 0) is 42.7 Å². The first-order valence-corrected chi connectivity index (χ1v) is 6.68. The Labute approximate surface area is 110 Å². The van der Waals surface area contributed by atoms with Gasteiger partial charge in [0.05, 0.1) is 6.54 Å². The van der Waals surface area contributed by atoms with Crippen LogP contribution in [0.15, 0.2) is 42.6 Å². The zero-order valence-electron chi connectivity index (χ0n) is 11.5. The Morgan fingerprint density at radius 1 is 1.11 bits per heavy atom. The fraction of sp³-hybridized carbons (Fsp3) is 0.375. The van der Waals surface area contributed by atoms with Crippen molar-refractivity contribution >= 4 is 5.69 Å². The van der Waals surface area contributed by atoms with Gasteiger partial charge in [0.2, 0.25) is 0 Å². The highest BCUT2D eigenvalue weighted by atomic mass is 15.0. The third-order valence-electron chi connectivity index (χ3n) is 3.32. The standard InChI is InChI=1S/C16H22N2/c1-4-18-11-5-6-16(18)12-17-15-9-7-14(8-10-15)13(2)3/h5-11,13,17H,4,12H2,1-3H3. The molecule has 0 spiro atoms. The molecule has 0 fully saturated rings. The van der Waals surface area contributed by atoms with E-state index >= 15 is 0 Å². The molecule has 0 unspecified atom stereocenters. The minimum Gasteiger partial charge on any atom is -0.379 e. The Morgan fingerprint density at radius 2 is 1.83 bits per heavy atom. The van der Waals surface area contributed by atoms with Crippen LogP contribution in [0, 0.1) is 0 Å². The van der Waals surface area contributed by atoms with Crippen molar-refractivity contribution in [1.82, 2.24) is 4.57 Å². The molecule has 0 atom stereocenters. The minimum absolute atomic E-state index is 0.594. The molecule has 2 heteroatoms. The molecule has 0 radical (unpaired) electrons. The number of hydrogen-bond acceptors (Lipinski definition) is 1. The maximum absolute atomic E-state index is 3.47. The van der Waals surface area contributed by atoms with E-state index in [1.54, 1.807) is 0 Å². The summed E-state index contributed by atoms with van der Waals surface area (Å²) in [5, 5.41) is 3.47. The topological polar surface area (TPSA) is 17.0 Å². The number of hydrogen-bond donors (Lipinski definition) is 1. The molecule has 2 aromatic rings. The van der Waals surface area contributed by atoms with E-state index in [9.17, 15) is 0 Å². The quantitative estimate of drug-likeness (QED) is 0.829. The van der Waals surface area contributed by atoms with Gasteiger partial charge in [0, 0.05) is 24.1 Å². The van der Waals surface area contributed by atoms with Gasteiger partial charge in [0.15, 0.2) is 0 Å². The Kier molecular flexibility index (Phi) is 4.08. The lowest BCUT2D eigenvalue weighted by Gasteiger charge is -2.11. The third-order valence-corrected chi connectivity index (χ3v) is 3.32. The Hall–Kier alpha value is -1.70. The van der Waals surface area contributed by atoms with Gasteiger partial charge in [-0.25, -0.2) is 0 Å². The molecule has 1 aromatic heterocycles. The maximum Gasteiger partial charge on any atom is 0.0553 e. The van der Waals surface area contributed by atoms with Gasteiger partial charge in [-0.1, -0.05) is 26.0 Å². The van der Waals surface area contributed by atoms with Crippen molar-refractivity contribution < 1.29 is 0 Å². The lowest BCUT2D eigenvalue weighted by atomic mass is 10.0. The van der Waals surface area contributed by atoms with Crippen LogP contribution in [0.25, 0.3) is 0 Å². The predicted octanol–water partition coefficient (Wildman–Crippen LogP) is 4.24. The van der Waals surface area contributed by atoms with Crippen LogP contribution in [-0.2, 0) is 13.1 Å². The van der Waals surface area contributed by atoms with Gasteiger partial charge >= 0.3 is 0 Å². The van der Waals surface area contributed by atoms with Crippen molar-refractivity contribution in [3.05, 3.63) is 53.9 Å². The highest BCUT2D eigenvalue weighted by molar-refractivity contribution is 5.45. The smallest absolute Gasteiger partial charge is 0.0553 e. The average Bonchev–Trinajstić information content (AvgIpc) is 2.84. The van der Waals surface area contributed by atoms with Crippen LogP contribution in [0.2, 0.25) is 0 Å². The van der Waals surface area contributed by atoms with Gasteiger partial charge in [0.25, 0.3) is 0 Å². The summed E-state index contributed by atoms with van der Waals surface area (Å²) in [7, 11) is 0. The molecule has 0 aliphatic heterocycles. The van der Waals surface area contributed by atoms with Crippen molar-refractivity contribution in [2.45, 2.75) is 39.8 Å². The van der Waals surface area contributed by atoms with E-state index in [4.69, 9.17) is 0 Å². The molecule has 2 nitrogen and oxygen atoms in total. The molecule has 0 saturated carbocycles. The van der Waals surface area contributed by atoms with E-state index in [1.807, 2.05) is 0 Å². The van der Waals surface area contributed by atoms with E-state index in [1.165, 1.54) is 16.9 Å². The number of aromatic nitrogens is 1. The van der Waals surface area contributed by atoms with Crippen molar-refractivity contribution in [2.24, 2.45) is 0 Å². The summed E-state index contributed by atoms with van der Waals surface area (Å²) in [5.41, 5.74) is 3.89. The Bertz CT molecular complexity index is 480. The molecule has 1 heterocycles. The molecule has 0 aliphatic carbocycles. The van der Waals surface area contributed by atoms with E-state index in [2.05, 4.69) is 73.3 Å². The predicted molar refractivity (Wildman–Crippen MR) is 78.0 cm³/mol. The monoisotopic (exact) mass is 242 g/mol. The van der Waals surface area contributed by atoms with Gasteiger partial charge in [0.1, 0.15) is 0 Å². The van der Waals surface area contributed by atoms with Gasteiger partial charge in [-0.3, -0.25) is 0 Å². The number of anilines is 1. The van der Waals surface area contributed by atoms with Crippen LogP contribution in [0.4, 0.5) is 5.69 Å². The summed E-state index contributed by atoms with van der Waals surface area (Å²) in [6.45, 7) is 8.51. The van der Waals surface area contributed by atoms with Crippen LogP contribution in [0.5, 0.6) is 0 Å². The van der Waals surface area contributed by atoms with E-state index in [0.29, 0.717) is 5.92 Å². The van der Waals surface area contributed by atoms with Gasteiger partial charge in [-0.2, -0.15) is 0 Å². The molecule has 0 saturated heterocycles. The molecular weight excluding hydrogens is 220 g/mol. The highest BCUT2D eigenvalue weighted by Crippen LogP contribution is 2.17. The molecule has 96 valence electrons. The summed E-state index contributed by atoms with van der Waals surface area (Å²) in [5.74, 6) is 0.594. The molecule has 18 heavy (non-hydrogen) atoms. The first kappa shape index (κ1) is 12.7. The SMILES string of the molecule is CCn1cccc1CNc1ccc(C(C)C)cc1. The number of rotatable bonds is 5. The highest BCUT2D eigenvalue weighted by Gasteiger charge is 2.01. The Morgan fingerprint density at radius 3 is 2.44 bits per heavy atom. The fourth-order valence-electron chi connectivity index (χ4n) is 2.10. The summed E-state index contributed by atoms with van der Waals surface area (Å²) < 4.78 is 2.26. The van der Waals surface area contributed by atoms with Crippen LogP contribution < -0.4 is 5.32 Å². The first-order valence-electron chi connectivity index (χ1n) is 6.68. The summed E-state index contributed by atoms with van der Waals surface area (Å²) in [4.78, 5) is 0. The van der Waals surface area contributed by atoms with Crippen LogP contribution >= 0.6 is 0 Å².